The minimum Gasteiger partial charge on any atom is -0.325 e. The molecule has 0 heterocycles. The molecule has 0 spiro atoms. The number of sulfonamides is 1. The van der Waals surface area contributed by atoms with Gasteiger partial charge in [-0.1, -0.05) is 40.9 Å². The second-order valence-corrected chi connectivity index (χ2v) is 7.40. The zero-order valence-corrected chi connectivity index (χ0v) is 14.5. The summed E-state index contributed by atoms with van der Waals surface area (Å²) >= 11 is 11.6. The van der Waals surface area contributed by atoms with E-state index in [0.717, 1.165) is 5.56 Å². The molecule has 0 fully saturated rings. The molecule has 23 heavy (non-hydrogen) atoms. The molecule has 5 nitrogen and oxygen atoms in total. The third kappa shape index (κ3) is 4.94. The van der Waals surface area contributed by atoms with Crippen LogP contribution in [-0.4, -0.2) is 20.9 Å². The van der Waals surface area contributed by atoms with Crippen LogP contribution in [0, 0.1) is 6.92 Å². The van der Waals surface area contributed by atoms with Crippen LogP contribution < -0.4 is 10.0 Å². The maximum absolute atomic E-state index is 12.1. The highest BCUT2D eigenvalue weighted by molar-refractivity contribution is 7.89. The van der Waals surface area contributed by atoms with Gasteiger partial charge in [-0.25, -0.2) is 13.1 Å². The number of carbonyl (C=O) groups is 1. The van der Waals surface area contributed by atoms with Gasteiger partial charge in [0.1, 0.15) is 0 Å². The van der Waals surface area contributed by atoms with Gasteiger partial charge in [-0.15, -0.1) is 0 Å². The maximum Gasteiger partial charge on any atom is 0.241 e. The summed E-state index contributed by atoms with van der Waals surface area (Å²) in [5.41, 5.74) is 1.38. The minimum atomic E-state index is -3.74. The zero-order valence-electron chi connectivity index (χ0n) is 12.1. The molecule has 1 amide bonds. The summed E-state index contributed by atoms with van der Waals surface area (Å²) in [6.07, 6.45) is 0. The number of hydrogen-bond donors (Lipinski definition) is 2. The number of benzene rings is 2. The Kier molecular flexibility index (Phi) is 5.64. The lowest BCUT2D eigenvalue weighted by molar-refractivity contribution is -0.115. The molecule has 0 atom stereocenters. The average molecular weight is 373 g/mol. The molecule has 2 rings (SSSR count). The van der Waals surface area contributed by atoms with E-state index in [1.165, 1.54) is 24.3 Å². The molecule has 0 saturated heterocycles. The van der Waals surface area contributed by atoms with E-state index in [0.29, 0.717) is 15.7 Å². The number of rotatable bonds is 5. The molecule has 122 valence electrons. The second kappa shape index (κ2) is 7.31. The van der Waals surface area contributed by atoms with Gasteiger partial charge in [0.15, 0.2) is 0 Å². The summed E-state index contributed by atoms with van der Waals surface area (Å²) in [5, 5.41) is 3.20. The van der Waals surface area contributed by atoms with Crippen LogP contribution in [0.25, 0.3) is 0 Å². The van der Waals surface area contributed by atoms with E-state index in [4.69, 9.17) is 23.2 Å². The summed E-state index contributed by atoms with van der Waals surface area (Å²) in [7, 11) is -3.74. The first kappa shape index (κ1) is 17.7. The molecule has 0 radical (unpaired) electrons. The van der Waals surface area contributed by atoms with Crippen molar-refractivity contribution in [2.45, 2.75) is 11.8 Å². The predicted molar refractivity (Wildman–Crippen MR) is 91.5 cm³/mol. The molecular formula is C15H14Cl2N2O3S. The quantitative estimate of drug-likeness (QED) is 0.845. The van der Waals surface area contributed by atoms with Crippen molar-refractivity contribution in [1.29, 1.82) is 0 Å². The van der Waals surface area contributed by atoms with Gasteiger partial charge >= 0.3 is 0 Å². The largest absolute Gasteiger partial charge is 0.325 e. The lowest BCUT2D eigenvalue weighted by atomic mass is 10.2. The molecule has 0 aliphatic rings. The van der Waals surface area contributed by atoms with E-state index >= 15 is 0 Å². The van der Waals surface area contributed by atoms with Gasteiger partial charge in [0, 0.05) is 5.69 Å². The van der Waals surface area contributed by atoms with Crippen molar-refractivity contribution >= 4 is 44.8 Å². The van der Waals surface area contributed by atoms with Gasteiger partial charge in [0.25, 0.3) is 0 Å². The monoisotopic (exact) mass is 372 g/mol. The van der Waals surface area contributed by atoms with Crippen LogP contribution >= 0.6 is 23.2 Å². The van der Waals surface area contributed by atoms with Gasteiger partial charge in [-0.3, -0.25) is 4.79 Å². The number of halogens is 2. The Morgan fingerprint density at radius 2 is 1.70 bits per heavy atom. The first-order valence-electron chi connectivity index (χ1n) is 6.59. The second-order valence-electron chi connectivity index (χ2n) is 4.81. The van der Waals surface area contributed by atoms with Crippen LogP contribution in [0.2, 0.25) is 10.0 Å². The van der Waals surface area contributed by atoms with Gasteiger partial charge in [0.05, 0.1) is 21.5 Å². The van der Waals surface area contributed by atoms with Crippen LogP contribution in [0.4, 0.5) is 5.69 Å². The zero-order chi connectivity index (χ0) is 17.0. The normalized spacial score (nSPS) is 11.3. The van der Waals surface area contributed by atoms with Crippen molar-refractivity contribution in [2.24, 2.45) is 0 Å². The summed E-state index contributed by atoms with van der Waals surface area (Å²) in [4.78, 5) is 11.9. The first-order chi connectivity index (χ1) is 10.8. The van der Waals surface area contributed by atoms with Crippen LogP contribution in [-0.2, 0) is 14.8 Å². The highest BCUT2D eigenvalue weighted by Crippen LogP contribution is 2.24. The van der Waals surface area contributed by atoms with Gasteiger partial charge in [0.2, 0.25) is 15.9 Å². The van der Waals surface area contributed by atoms with Crippen molar-refractivity contribution in [3.05, 3.63) is 58.1 Å². The number of anilines is 1. The average Bonchev–Trinajstić information content (AvgIpc) is 2.50. The number of hydrogen-bond acceptors (Lipinski definition) is 3. The maximum atomic E-state index is 12.1. The summed E-state index contributed by atoms with van der Waals surface area (Å²) in [6.45, 7) is 1.46. The van der Waals surface area contributed by atoms with Crippen LogP contribution in [0.3, 0.4) is 0 Å². The van der Waals surface area contributed by atoms with E-state index in [1.54, 1.807) is 18.2 Å². The minimum absolute atomic E-state index is 0.102. The van der Waals surface area contributed by atoms with E-state index in [-0.39, 0.29) is 4.90 Å². The van der Waals surface area contributed by atoms with Crippen LogP contribution in [0.5, 0.6) is 0 Å². The molecular weight excluding hydrogens is 359 g/mol. The standard InChI is InChI=1S/C15H14Cl2N2O3S/c1-10-2-5-12(6-3-10)23(21,22)18-9-15(20)19-11-4-7-13(16)14(17)8-11/h2-8,18H,9H2,1H3,(H,19,20). The summed E-state index contributed by atoms with van der Waals surface area (Å²) in [6, 6.07) is 10.9. The molecule has 0 aliphatic carbocycles. The molecule has 0 unspecified atom stereocenters. The molecule has 2 aromatic carbocycles. The Hall–Kier alpha value is -1.60. The highest BCUT2D eigenvalue weighted by atomic mass is 35.5. The smallest absolute Gasteiger partial charge is 0.241 e. The van der Waals surface area contributed by atoms with Crippen molar-refractivity contribution in [3.8, 4) is 0 Å². The summed E-state index contributed by atoms with van der Waals surface area (Å²) in [5.74, 6) is -0.515. The topological polar surface area (TPSA) is 75.3 Å². The van der Waals surface area contributed by atoms with Crippen molar-refractivity contribution in [3.63, 3.8) is 0 Å². The number of nitrogens with one attached hydrogen (secondary N) is 2. The number of carbonyl (C=O) groups excluding carboxylic acids is 1. The fraction of sp³-hybridized carbons (Fsp3) is 0.133. The van der Waals surface area contributed by atoms with E-state index in [1.807, 2.05) is 6.92 Å². The molecule has 2 aromatic rings. The fourth-order valence-electron chi connectivity index (χ4n) is 1.74. The van der Waals surface area contributed by atoms with E-state index in [9.17, 15) is 13.2 Å². The Labute approximate surface area is 144 Å². The first-order valence-corrected chi connectivity index (χ1v) is 8.83. The molecule has 0 aliphatic heterocycles. The van der Waals surface area contributed by atoms with Crippen molar-refractivity contribution in [1.82, 2.24) is 4.72 Å². The Morgan fingerprint density at radius 3 is 2.30 bits per heavy atom. The molecule has 8 heteroatoms. The lowest BCUT2D eigenvalue weighted by Gasteiger charge is -2.09. The third-order valence-electron chi connectivity index (χ3n) is 2.96. The lowest BCUT2D eigenvalue weighted by Crippen LogP contribution is -2.32. The molecule has 0 bridgehead atoms. The highest BCUT2D eigenvalue weighted by Gasteiger charge is 2.15. The van der Waals surface area contributed by atoms with Crippen LogP contribution in [0.1, 0.15) is 5.56 Å². The van der Waals surface area contributed by atoms with Gasteiger partial charge < -0.3 is 5.32 Å². The molecule has 2 N–H and O–H groups in total. The Bertz CT molecular complexity index is 821. The SMILES string of the molecule is Cc1ccc(S(=O)(=O)NCC(=O)Nc2ccc(Cl)c(Cl)c2)cc1. The third-order valence-corrected chi connectivity index (χ3v) is 5.11. The Balaban J connectivity index is 1.98. The Morgan fingerprint density at radius 1 is 1.04 bits per heavy atom. The van der Waals surface area contributed by atoms with E-state index in [2.05, 4.69) is 10.0 Å². The summed E-state index contributed by atoms with van der Waals surface area (Å²) < 4.78 is 26.4. The predicted octanol–water partition coefficient (Wildman–Crippen LogP) is 3.22. The molecule has 0 saturated carbocycles. The number of amides is 1. The van der Waals surface area contributed by atoms with E-state index < -0.39 is 22.5 Å². The number of aryl methyl sites for hydroxylation is 1. The fourth-order valence-corrected chi connectivity index (χ4v) is 3.02. The van der Waals surface area contributed by atoms with Crippen molar-refractivity contribution in [2.75, 3.05) is 11.9 Å². The van der Waals surface area contributed by atoms with Crippen molar-refractivity contribution < 1.29 is 13.2 Å². The van der Waals surface area contributed by atoms with Crippen LogP contribution in [0.15, 0.2) is 47.4 Å². The van der Waals surface area contributed by atoms with Gasteiger partial charge in [-0.2, -0.15) is 0 Å². The van der Waals surface area contributed by atoms with Gasteiger partial charge in [-0.05, 0) is 37.3 Å². The molecule has 0 aromatic heterocycles.